The van der Waals surface area contributed by atoms with E-state index in [9.17, 15) is 9.59 Å². The standard InChI is InChI=1S/C17H19ClN2O3/c1-20(12-15-4-3-11-23-15)16(21)5-2-10-19-17(22)13-6-8-14(18)9-7-13/h3-4,6-9,11H,2,5,10,12H2,1H3,(H,19,22). The zero-order chi connectivity index (χ0) is 16.7. The molecule has 122 valence electrons. The number of halogens is 1. The Kier molecular flexibility index (Phi) is 6.23. The molecule has 6 heteroatoms. The van der Waals surface area contributed by atoms with E-state index in [4.69, 9.17) is 16.0 Å². The van der Waals surface area contributed by atoms with E-state index in [1.165, 1.54) is 0 Å². The minimum Gasteiger partial charge on any atom is -0.467 e. The number of rotatable bonds is 7. The van der Waals surface area contributed by atoms with Crippen LogP contribution in [0.25, 0.3) is 0 Å². The van der Waals surface area contributed by atoms with Gasteiger partial charge in [0.25, 0.3) is 5.91 Å². The fourth-order valence-electron chi connectivity index (χ4n) is 2.06. The Morgan fingerprint density at radius 1 is 1.22 bits per heavy atom. The van der Waals surface area contributed by atoms with E-state index in [2.05, 4.69) is 5.32 Å². The van der Waals surface area contributed by atoms with Gasteiger partial charge in [-0.1, -0.05) is 11.6 Å². The third-order valence-corrected chi connectivity index (χ3v) is 3.61. The highest BCUT2D eigenvalue weighted by atomic mass is 35.5. The average Bonchev–Trinajstić information content (AvgIpc) is 3.04. The molecule has 0 fully saturated rings. The molecule has 0 unspecified atom stereocenters. The van der Waals surface area contributed by atoms with Crippen LogP contribution in [0.3, 0.4) is 0 Å². The Balaban J connectivity index is 1.67. The quantitative estimate of drug-likeness (QED) is 0.791. The fraction of sp³-hybridized carbons (Fsp3) is 0.294. The highest BCUT2D eigenvalue weighted by Crippen LogP contribution is 2.09. The molecule has 0 spiro atoms. The number of hydrogen-bond acceptors (Lipinski definition) is 3. The van der Waals surface area contributed by atoms with Crippen LogP contribution in [0.2, 0.25) is 5.02 Å². The zero-order valence-corrected chi connectivity index (χ0v) is 13.7. The molecule has 1 aromatic heterocycles. The van der Waals surface area contributed by atoms with Gasteiger partial charge in [0.2, 0.25) is 5.91 Å². The highest BCUT2D eigenvalue weighted by molar-refractivity contribution is 6.30. The molecule has 0 aliphatic heterocycles. The first-order chi connectivity index (χ1) is 11.1. The summed E-state index contributed by atoms with van der Waals surface area (Å²) in [5.74, 6) is 0.595. The van der Waals surface area contributed by atoms with Crippen LogP contribution in [-0.4, -0.2) is 30.3 Å². The van der Waals surface area contributed by atoms with E-state index in [1.54, 1.807) is 48.5 Å². The van der Waals surface area contributed by atoms with Gasteiger partial charge in [-0.2, -0.15) is 0 Å². The zero-order valence-electron chi connectivity index (χ0n) is 12.9. The molecule has 0 radical (unpaired) electrons. The monoisotopic (exact) mass is 334 g/mol. The highest BCUT2D eigenvalue weighted by Gasteiger charge is 2.11. The van der Waals surface area contributed by atoms with E-state index >= 15 is 0 Å². The van der Waals surface area contributed by atoms with Crippen molar-refractivity contribution in [3.05, 3.63) is 59.0 Å². The van der Waals surface area contributed by atoms with Crippen molar-refractivity contribution in [1.29, 1.82) is 0 Å². The lowest BCUT2D eigenvalue weighted by Crippen LogP contribution is -2.28. The Morgan fingerprint density at radius 2 is 1.96 bits per heavy atom. The van der Waals surface area contributed by atoms with Gasteiger partial charge in [0, 0.05) is 30.6 Å². The first-order valence-electron chi connectivity index (χ1n) is 7.36. The second-order valence-corrected chi connectivity index (χ2v) is 5.63. The number of nitrogens with zero attached hydrogens (tertiary/aromatic N) is 1. The topological polar surface area (TPSA) is 62.6 Å². The third-order valence-electron chi connectivity index (χ3n) is 3.36. The number of carbonyl (C=O) groups excluding carboxylic acids is 2. The van der Waals surface area contributed by atoms with Crippen molar-refractivity contribution in [2.75, 3.05) is 13.6 Å². The van der Waals surface area contributed by atoms with Crippen LogP contribution in [0.5, 0.6) is 0 Å². The van der Waals surface area contributed by atoms with Gasteiger partial charge in [-0.25, -0.2) is 0 Å². The van der Waals surface area contributed by atoms with Crippen molar-refractivity contribution in [3.8, 4) is 0 Å². The molecule has 23 heavy (non-hydrogen) atoms. The molecule has 1 N–H and O–H groups in total. The van der Waals surface area contributed by atoms with Gasteiger partial charge >= 0.3 is 0 Å². The maximum atomic E-state index is 12.0. The Hall–Kier alpha value is -2.27. The Morgan fingerprint density at radius 3 is 2.61 bits per heavy atom. The summed E-state index contributed by atoms with van der Waals surface area (Å²) in [7, 11) is 1.73. The lowest BCUT2D eigenvalue weighted by Gasteiger charge is -2.15. The second kappa shape index (κ2) is 8.39. The molecule has 0 bridgehead atoms. The van der Waals surface area contributed by atoms with Crippen molar-refractivity contribution in [2.45, 2.75) is 19.4 Å². The van der Waals surface area contributed by atoms with Gasteiger partial charge in [0.1, 0.15) is 5.76 Å². The van der Waals surface area contributed by atoms with Crippen LogP contribution in [0.1, 0.15) is 29.0 Å². The fourth-order valence-corrected chi connectivity index (χ4v) is 2.19. The molecular weight excluding hydrogens is 316 g/mol. The number of amides is 2. The average molecular weight is 335 g/mol. The third kappa shape index (κ3) is 5.45. The number of carbonyl (C=O) groups is 2. The van der Waals surface area contributed by atoms with Gasteiger partial charge in [-0.05, 0) is 42.8 Å². The first kappa shape index (κ1) is 17.1. The lowest BCUT2D eigenvalue weighted by molar-refractivity contribution is -0.130. The van der Waals surface area contributed by atoms with Gasteiger partial charge in [0.15, 0.2) is 0 Å². The van der Waals surface area contributed by atoms with E-state index < -0.39 is 0 Å². The van der Waals surface area contributed by atoms with Crippen LogP contribution in [0.4, 0.5) is 0 Å². The molecule has 0 saturated heterocycles. The maximum absolute atomic E-state index is 12.0. The van der Waals surface area contributed by atoms with Crippen LogP contribution < -0.4 is 5.32 Å². The van der Waals surface area contributed by atoms with Crippen molar-refractivity contribution in [3.63, 3.8) is 0 Å². The molecule has 0 saturated carbocycles. The molecule has 1 heterocycles. The molecular formula is C17H19ClN2O3. The number of nitrogens with one attached hydrogen (secondary N) is 1. The SMILES string of the molecule is CN(Cc1ccco1)C(=O)CCCNC(=O)c1ccc(Cl)cc1. The minimum absolute atomic E-state index is 0.0159. The van der Waals surface area contributed by atoms with Crippen molar-refractivity contribution < 1.29 is 14.0 Å². The molecule has 1 aromatic carbocycles. The predicted molar refractivity (Wildman–Crippen MR) is 88.2 cm³/mol. The number of benzene rings is 1. The molecule has 2 rings (SSSR count). The summed E-state index contributed by atoms with van der Waals surface area (Å²) in [5, 5.41) is 3.38. The van der Waals surface area contributed by atoms with Crippen LogP contribution in [0.15, 0.2) is 47.1 Å². The molecule has 0 atom stereocenters. The maximum Gasteiger partial charge on any atom is 0.251 e. The summed E-state index contributed by atoms with van der Waals surface area (Å²) in [5.41, 5.74) is 0.552. The predicted octanol–water partition coefficient (Wildman–Crippen LogP) is 3.10. The Bertz CT molecular complexity index is 638. The summed E-state index contributed by atoms with van der Waals surface area (Å²) >= 11 is 5.78. The first-order valence-corrected chi connectivity index (χ1v) is 7.74. The van der Waals surface area contributed by atoms with Gasteiger partial charge < -0.3 is 14.6 Å². The second-order valence-electron chi connectivity index (χ2n) is 5.20. The summed E-state index contributed by atoms with van der Waals surface area (Å²) in [6.07, 6.45) is 2.54. The molecule has 0 aliphatic carbocycles. The van der Waals surface area contributed by atoms with Crippen molar-refractivity contribution in [2.24, 2.45) is 0 Å². The smallest absolute Gasteiger partial charge is 0.251 e. The van der Waals surface area contributed by atoms with Crippen LogP contribution in [-0.2, 0) is 11.3 Å². The van der Waals surface area contributed by atoms with Crippen LogP contribution >= 0.6 is 11.6 Å². The lowest BCUT2D eigenvalue weighted by atomic mass is 10.2. The summed E-state index contributed by atoms with van der Waals surface area (Å²) in [6.45, 7) is 0.894. The van der Waals surface area contributed by atoms with E-state index in [1.807, 2.05) is 6.07 Å². The van der Waals surface area contributed by atoms with Crippen molar-refractivity contribution >= 4 is 23.4 Å². The summed E-state index contributed by atoms with van der Waals surface area (Å²) in [6, 6.07) is 10.3. The van der Waals surface area contributed by atoms with E-state index in [0.717, 1.165) is 5.76 Å². The number of hydrogen-bond donors (Lipinski definition) is 1. The van der Waals surface area contributed by atoms with E-state index in [0.29, 0.717) is 36.5 Å². The van der Waals surface area contributed by atoms with Crippen molar-refractivity contribution in [1.82, 2.24) is 10.2 Å². The summed E-state index contributed by atoms with van der Waals surface area (Å²) < 4.78 is 5.21. The van der Waals surface area contributed by atoms with Gasteiger partial charge in [-0.15, -0.1) is 0 Å². The largest absolute Gasteiger partial charge is 0.467 e. The van der Waals surface area contributed by atoms with Crippen LogP contribution in [0, 0.1) is 0 Å². The summed E-state index contributed by atoms with van der Waals surface area (Å²) in [4.78, 5) is 25.5. The van der Waals surface area contributed by atoms with Gasteiger partial charge in [-0.3, -0.25) is 9.59 Å². The number of furan rings is 1. The minimum atomic E-state index is -0.168. The molecule has 5 nitrogen and oxygen atoms in total. The van der Waals surface area contributed by atoms with Gasteiger partial charge in [0.05, 0.1) is 12.8 Å². The Labute approximate surface area is 140 Å². The molecule has 2 aromatic rings. The molecule has 2 amide bonds. The van der Waals surface area contributed by atoms with E-state index in [-0.39, 0.29) is 11.8 Å². The normalized spacial score (nSPS) is 10.3. The molecule has 0 aliphatic rings.